The highest BCUT2D eigenvalue weighted by atomic mass is 16.3. The molecule has 4 rings (SSSR count). The molecular formula is C19H19N3O2. The summed E-state index contributed by atoms with van der Waals surface area (Å²) in [5.74, 6) is 0.385. The van der Waals surface area contributed by atoms with E-state index in [-0.39, 0.29) is 11.9 Å². The van der Waals surface area contributed by atoms with Crippen LogP contribution in [-0.2, 0) is 0 Å². The summed E-state index contributed by atoms with van der Waals surface area (Å²) in [5, 5.41) is 0. The molecule has 0 spiro atoms. The summed E-state index contributed by atoms with van der Waals surface area (Å²) in [4.78, 5) is 19.0. The molecule has 0 unspecified atom stereocenters. The molecule has 0 bridgehead atoms. The maximum atomic E-state index is 13.0. The highest BCUT2D eigenvalue weighted by molar-refractivity contribution is 5.98. The fourth-order valence-corrected chi connectivity index (χ4v) is 3.33. The molecule has 0 N–H and O–H groups in total. The molecule has 1 fully saturated rings. The molecule has 3 heterocycles. The third-order valence-electron chi connectivity index (χ3n) is 4.57. The van der Waals surface area contributed by atoms with Crippen molar-refractivity contribution in [1.82, 2.24) is 14.5 Å². The molecule has 0 saturated carbocycles. The van der Waals surface area contributed by atoms with Crippen LogP contribution >= 0.6 is 0 Å². The van der Waals surface area contributed by atoms with Crippen LogP contribution in [0.15, 0.2) is 65.8 Å². The fourth-order valence-electron chi connectivity index (χ4n) is 3.33. The molecule has 5 heteroatoms. The molecule has 1 atom stereocenters. The maximum absolute atomic E-state index is 13.0. The Morgan fingerprint density at radius 1 is 1.21 bits per heavy atom. The second-order valence-corrected chi connectivity index (χ2v) is 6.09. The van der Waals surface area contributed by atoms with Gasteiger partial charge in [-0.3, -0.25) is 4.79 Å². The topological polar surface area (TPSA) is 51.3 Å². The van der Waals surface area contributed by atoms with Crippen LogP contribution in [0.4, 0.5) is 0 Å². The lowest BCUT2D eigenvalue weighted by Crippen LogP contribution is -2.40. The summed E-state index contributed by atoms with van der Waals surface area (Å²) in [6.45, 7) is 1.45. The van der Waals surface area contributed by atoms with Crippen LogP contribution in [0.3, 0.4) is 0 Å². The largest absolute Gasteiger partial charge is 0.459 e. The summed E-state index contributed by atoms with van der Waals surface area (Å²) in [5.41, 5.74) is 1.85. The SMILES string of the molecule is O=C(c1occc1-c1ccccc1)N1CCC[C@H](n2ccnc2)C1. The average molecular weight is 321 g/mol. The van der Waals surface area contributed by atoms with Gasteiger partial charge in [0.2, 0.25) is 0 Å². The summed E-state index contributed by atoms with van der Waals surface area (Å²) >= 11 is 0. The second-order valence-electron chi connectivity index (χ2n) is 6.09. The standard InChI is InChI=1S/C19H19N3O2/c23-19(18-17(8-12-24-18)15-5-2-1-3-6-15)21-10-4-7-16(13-21)22-11-9-20-14-22/h1-3,5-6,8-9,11-12,14,16H,4,7,10,13H2/t16-/m0/s1. The minimum Gasteiger partial charge on any atom is -0.459 e. The van der Waals surface area contributed by atoms with E-state index in [0.717, 1.165) is 30.5 Å². The normalized spacial score (nSPS) is 17.8. The van der Waals surface area contributed by atoms with E-state index in [2.05, 4.69) is 9.55 Å². The predicted octanol–water partition coefficient (Wildman–Crippen LogP) is 3.62. The Balaban J connectivity index is 1.57. The van der Waals surface area contributed by atoms with Crippen LogP contribution < -0.4 is 0 Å². The van der Waals surface area contributed by atoms with Crippen molar-refractivity contribution in [3.8, 4) is 11.1 Å². The quantitative estimate of drug-likeness (QED) is 0.740. The lowest BCUT2D eigenvalue weighted by molar-refractivity contribution is 0.0648. The Labute approximate surface area is 140 Å². The fraction of sp³-hybridized carbons (Fsp3) is 0.263. The number of hydrogen-bond acceptors (Lipinski definition) is 3. The van der Waals surface area contributed by atoms with Gasteiger partial charge in [-0.15, -0.1) is 0 Å². The summed E-state index contributed by atoms with van der Waals surface area (Å²) in [6, 6.07) is 12.0. The van der Waals surface area contributed by atoms with Gasteiger partial charge in [-0.25, -0.2) is 4.98 Å². The monoisotopic (exact) mass is 321 g/mol. The van der Waals surface area contributed by atoms with Crippen LogP contribution in [0.1, 0.15) is 29.4 Å². The van der Waals surface area contributed by atoms with Crippen molar-refractivity contribution in [2.75, 3.05) is 13.1 Å². The molecule has 122 valence electrons. The smallest absolute Gasteiger partial charge is 0.290 e. The average Bonchev–Trinajstić information content (AvgIpc) is 3.34. The zero-order valence-electron chi connectivity index (χ0n) is 13.3. The molecule has 5 nitrogen and oxygen atoms in total. The van der Waals surface area contributed by atoms with E-state index >= 15 is 0 Å². The predicted molar refractivity (Wildman–Crippen MR) is 90.5 cm³/mol. The van der Waals surface area contributed by atoms with E-state index < -0.39 is 0 Å². The third kappa shape index (κ3) is 2.73. The molecule has 1 saturated heterocycles. The van der Waals surface area contributed by atoms with E-state index in [4.69, 9.17) is 4.42 Å². The number of likely N-dealkylation sites (tertiary alicyclic amines) is 1. The molecular weight excluding hydrogens is 302 g/mol. The minimum atomic E-state index is -0.0383. The van der Waals surface area contributed by atoms with E-state index in [9.17, 15) is 4.79 Å². The Hall–Kier alpha value is -2.82. The van der Waals surface area contributed by atoms with Crippen molar-refractivity contribution >= 4 is 5.91 Å². The van der Waals surface area contributed by atoms with Gasteiger partial charge in [0.1, 0.15) is 0 Å². The molecule has 24 heavy (non-hydrogen) atoms. The van der Waals surface area contributed by atoms with E-state index in [1.807, 2.05) is 53.8 Å². The van der Waals surface area contributed by atoms with Crippen molar-refractivity contribution in [2.45, 2.75) is 18.9 Å². The van der Waals surface area contributed by atoms with Gasteiger partial charge in [-0.05, 0) is 24.5 Å². The van der Waals surface area contributed by atoms with Gasteiger partial charge in [0.25, 0.3) is 5.91 Å². The van der Waals surface area contributed by atoms with Gasteiger partial charge in [-0.1, -0.05) is 30.3 Å². The number of aromatic nitrogens is 2. The first-order valence-electron chi connectivity index (χ1n) is 8.22. The molecule has 2 aromatic heterocycles. The summed E-state index contributed by atoms with van der Waals surface area (Å²) in [7, 11) is 0. The van der Waals surface area contributed by atoms with Crippen LogP contribution in [0.5, 0.6) is 0 Å². The number of rotatable bonds is 3. The number of furan rings is 1. The molecule has 1 aromatic carbocycles. The Morgan fingerprint density at radius 3 is 2.88 bits per heavy atom. The molecule has 3 aromatic rings. The first kappa shape index (κ1) is 14.8. The van der Waals surface area contributed by atoms with E-state index in [1.165, 1.54) is 0 Å². The van der Waals surface area contributed by atoms with Gasteiger partial charge in [0, 0.05) is 31.0 Å². The number of piperidine rings is 1. The molecule has 0 radical (unpaired) electrons. The van der Waals surface area contributed by atoms with Crippen molar-refractivity contribution in [3.05, 3.63) is 67.1 Å². The number of imidazole rings is 1. The van der Waals surface area contributed by atoms with Crippen molar-refractivity contribution < 1.29 is 9.21 Å². The summed E-state index contributed by atoms with van der Waals surface area (Å²) in [6.07, 6.45) is 9.19. The van der Waals surface area contributed by atoms with Gasteiger partial charge in [0.15, 0.2) is 5.76 Å². The molecule has 1 aliphatic rings. The zero-order valence-corrected chi connectivity index (χ0v) is 13.3. The number of nitrogens with zero attached hydrogens (tertiary/aromatic N) is 3. The lowest BCUT2D eigenvalue weighted by atomic mass is 10.0. The number of hydrogen-bond donors (Lipinski definition) is 0. The number of carbonyl (C=O) groups is 1. The van der Waals surface area contributed by atoms with Crippen LogP contribution in [0, 0.1) is 0 Å². The Kier molecular flexibility index (Phi) is 3.91. The first-order valence-corrected chi connectivity index (χ1v) is 8.22. The maximum Gasteiger partial charge on any atom is 0.290 e. The van der Waals surface area contributed by atoms with E-state index in [0.29, 0.717) is 12.3 Å². The lowest BCUT2D eigenvalue weighted by Gasteiger charge is -2.33. The van der Waals surface area contributed by atoms with Gasteiger partial charge in [-0.2, -0.15) is 0 Å². The Bertz CT molecular complexity index is 808. The van der Waals surface area contributed by atoms with Gasteiger partial charge < -0.3 is 13.9 Å². The zero-order chi connectivity index (χ0) is 16.4. The summed E-state index contributed by atoms with van der Waals surface area (Å²) < 4.78 is 7.63. The van der Waals surface area contributed by atoms with Gasteiger partial charge in [0.05, 0.1) is 18.6 Å². The molecule has 1 aliphatic heterocycles. The molecule has 0 aliphatic carbocycles. The van der Waals surface area contributed by atoms with Crippen molar-refractivity contribution in [1.29, 1.82) is 0 Å². The van der Waals surface area contributed by atoms with Gasteiger partial charge >= 0.3 is 0 Å². The second kappa shape index (κ2) is 6.35. The molecule has 1 amide bonds. The van der Waals surface area contributed by atoms with Crippen LogP contribution in [0.2, 0.25) is 0 Å². The Morgan fingerprint density at radius 2 is 2.08 bits per heavy atom. The highest BCUT2D eigenvalue weighted by Gasteiger charge is 2.28. The van der Waals surface area contributed by atoms with Crippen molar-refractivity contribution in [3.63, 3.8) is 0 Å². The number of benzene rings is 1. The van der Waals surface area contributed by atoms with E-state index in [1.54, 1.807) is 12.5 Å². The van der Waals surface area contributed by atoms with Crippen molar-refractivity contribution in [2.24, 2.45) is 0 Å². The third-order valence-corrected chi connectivity index (χ3v) is 4.57. The first-order chi connectivity index (χ1) is 11.8. The number of amides is 1. The van der Waals surface area contributed by atoms with Crippen LogP contribution in [0.25, 0.3) is 11.1 Å². The number of carbonyl (C=O) groups excluding carboxylic acids is 1. The minimum absolute atomic E-state index is 0.0383. The van der Waals surface area contributed by atoms with Crippen LogP contribution in [-0.4, -0.2) is 33.4 Å². The highest BCUT2D eigenvalue weighted by Crippen LogP contribution is 2.28.